The highest BCUT2D eigenvalue weighted by atomic mass is 32.1. The molecule has 1 aromatic heterocycles. The highest BCUT2D eigenvalue weighted by Gasteiger charge is 2.16. The maximum absolute atomic E-state index is 12.0. The summed E-state index contributed by atoms with van der Waals surface area (Å²) in [5, 5.41) is 3.42. The van der Waals surface area contributed by atoms with Gasteiger partial charge in [-0.05, 0) is 33.1 Å². The van der Waals surface area contributed by atoms with Crippen LogP contribution in [0.2, 0.25) is 0 Å². The van der Waals surface area contributed by atoms with E-state index in [2.05, 4.69) is 17.2 Å². The molecule has 1 atom stereocenters. The van der Waals surface area contributed by atoms with Gasteiger partial charge in [0.15, 0.2) is 0 Å². The third-order valence-corrected chi connectivity index (χ3v) is 4.79. The van der Waals surface area contributed by atoms with E-state index in [-0.39, 0.29) is 6.04 Å². The summed E-state index contributed by atoms with van der Waals surface area (Å²) in [5.41, 5.74) is 2.97. The van der Waals surface area contributed by atoms with E-state index >= 15 is 0 Å². The van der Waals surface area contributed by atoms with Gasteiger partial charge in [-0.15, -0.1) is 11.3 Å². The van der Waals surface area contributed by atoms with Crippen molar-refractivity contribution in [1.82, 2.24) is 15.2 Å². The molecule has 1 saturated heterocycles. The van der Waals surface area contributed by atoms with Crippen LogP contribution < -0.4 is 5.32 Å². The molecule has 0 saturated carbocycles. The van der Waals surface area contributed by atoms with Crippen LogP contribution in [0, 0.1) is 6.92 Å². The van der Waals surface area contributed by atoms with Crippen molar-refractivity contribution in [3.63, 3.8) is 0 Å². The van der Waals surface area contributed by atoms with E-state index in [0.29, 0.717) is 12.3 Å². The molecule has 106 valence electrons. The number of hydrogen-bond acceptors (Lipinski definition) is 4. The Balaban J connectivity index is 1.71. The van der Waals surface area contributed by atoms with E-state index in [1.165, 1.54) is 11.3 Å². The summed E-state index contributed by atoms with van der Waals surface area (Å²) in [6.45, 7) is 6.80. The molecule has 1 aliphatic heterocycles. The molecule has 1 fully saturated rings. The minimum absolute atomic E-state index is 0.279. The Bertz CT molecular complexity index is 413. The Morgan fingerprint density at radius 3 is 2.84 bits per heavy atom. The number of nitrogens with one attached hydrogen (secondary N) is 1. The Hall–Kier alpha value is -0.940. The first-order valence-electron chi connectivity index (χ1n) is 7.09. The van der Waals surface area contributed by atoms with Crippen molar-refractivity contribution in [2.75, 3.05) is 19.6 Å². The maximum atomic E-state index is 12.0. The molecule has 0 aliphatic carbocycles. The van der Waals surface area contributed by atoms with E-state index < -0.39 is 0 Å². The summed E-state index contributed by atoms with van der Waals surface area (Å²) >= 11 is 1.68. The molecule has 1 N–H and O–H groups in total. The quantitative estimate of drug-likeness (QED) is 0.902. The number of piperidine rings is 1. The zero-order chi connectivity index (χ0) is 13.7. The number of hydrogen-bond donors (Lipinski definition) is 1. The molecule has 0 radical (unpaired) electrons. The number of nitrogens with zero attached hydrogens (tertiary/aromatic N) is 2. The zero-order valence-electron chi connectivity index (χ0n) is 11.8. The number of carbonyl (C=O) groups is 1. The van der Waals surface area contributed by atoms with Crippen LogP contribution >= 0.6 is 11.3 Å². The Kier molecular flexibility index (Phi) is 5.34. The molecule has 1 aliphatic rings. The highest BCUT2D eigenvalue weighted by Crippen LogP contribution is 2.20. The second kappa shape index (κ2) is 7.01. The Morgan fingerprint density at radius 2 is 2.21 bits per heavy atom. The first-order chi connectivity index (χ1) is 9.18. The van der Waals surface area contributed by atoms with Crippen molar-refractivity contribution in [3.05, 3.63) is 16.1 Å². The van der Waals surface area contributed by atoms with Crippen LogP contribution in [-0.2, 0) is 4.79 Å². The lowest BCUT2D eigenvalue weighted by atomic mass is 10.1. The SMILES string of the molecule is Cc1ncsc1C(C)NCCC(=O)N1CCCCC1. The molecule has 0 bridgehead atoms. The average Bonchev–Trinajstić information content (AvgIpc) is 2.86. The number of aryl methyl sites for hydroxylation is 1. The molecule has 1 unspecified atom stereocenters. The lowest BCUT2D eigenvalue weighted by Crippen LogP contribution is -2.37. The van der Waals surface area contributed by atoms with Gasteiger partial charge in [-0.25, -0.2) is 4.98 Å². The van der Waals surface area contributed by atoms with E-state index in [4.69, 9.17) is 0 Å². The summed E-state index contributed by atoms with van der Waals surface area (Å²) in [7, 11) is 0. The van der Waals surface area contributed by atoms with Crippen molar-refractivity contribution in [2.45, 2.75) is 45.6 Å². The lowest BCUT2D eigenvalue weighted by Gasteiger charge is -2.27. The van der Waals surface area contributed by atoms with Crippen molar-refractivity contribution in [3.8, 4) is 0 Å². The number of carbonyl (C=O) groups excluding carboxylic acids is 1. The van der Waals surface area contributed by atoms with Crippen LogP contribution in [0.1, 0.15) is 49.2 Å². The maximum Gasteiger partial charge on any atom is 0.223 e. The monoisotopic (exact) mass is 281 g/mol. The molecule has 4 nitrogen and oxygen atoms in total. The van der Waals surface area contributed by atoms with Crippen LogP contribution in [0.5, 0.6) is 0 Å². The van der Waals surface area contributed by atoms with Gasteiger partial charge in [0.05, 0.1) is 11.2 Å². The normalized spacial score (nSPS) is 17.5. The third kappa shape index (κ3) is 4.01. The van der Waals surface area contributed by atoms with Crippen molar-refractivity contribution in [1.29, 1.82) is 0 Å². The minimum atomic E-state index is 0.279. The summed E-state index contributed by atoms with van der Waals surface area (Å²) in [6, 6.07) is 0.279. The zero-order valence-corrected chi connectivity index (χ0v) is 12.6. The van der Waals surface area contributed by atoms with Gasteiger partial charge < -0.3 is 10.2 Å². The predicted molar refractivity (Wildman–Crippen MR) is 78.3 cm³/mol. The third-order valence-electron chi connectivity index (χ3n) is 3.67. The van der Waals surface area contributed by atoms with Crippen molar-refractivity contribution < 1.29 is 4.79 Å². The van der Waals surface area contributed by atoms with Gasteiger partial charge in [-0.2, -0.15) is 0 Å². The van der Waals surface area contributed by atoms with Crippen molar-refractivity contribution >= 4 is 17.2 Å². The first kappa shape index (κ1) is 14.5. The molecule has 2 rings (SSSR count). The van der Waals surface area contributed by atoms with Crippen LogP contribution in [0.4, 0.5) is 0 Å². The largest absolute Gasteiger partial charge is 0.343 e. The predicted octanol–water partition coefficient (Wildman–Crippen LogP) is 2.50. The van der Waals surface area contributed by atoms with Crippen LogP contribution in [0.3, 0.4) is 0 Å². The Morgan fingerprint density at radius 1 is 1.47 bits per heavy atom. The van der Waals surface area contributed by atoms with Gasteiger partial charge in [-0.3, -0.25) is 4.79 Å². The molecule has 5 heteroatoms. The average molecular weight is 281 g/mol. The summed E-state index contributed by atoms with van der Waals surface area (Å²) in [6.07, 6.45) is 4.19. The summed E-state index contributed by atoms with van der Waals surface area (Å²) in [5.74, 6) is 0.292. The standard InChI is InChI=1S/C14H23N3OS/c1-11(14-12(2)16-10-19-14)15-7-6-13(18)17-8-4-3-5-9-17/h10-11,15H,3-9H2,1-2H3. The number of thiazole rings is 1. The number of aromatic nitrogens is 1. The van der Waals surface area contributed by atoms with E-state index in [1.54, 1.807) is 11.3 Å². The molecular weight excluding hydrogens is 258 g/mol. The van der Waals surface area contributed by atoms with Gasteiger partial charge in [0.25, 0.3) is 0 Å². The molecule has 1 aromatic rings. The first-order valence-corrected chi connectivity index (χ1v) is 7.97. The Labute approximate surface area is 119 Å². The van der Waals surface area contributed by atoms with Gasteiger partial charge >= 0.3 is 0 Å². The smallest absolute Gasteiger partial charge is 0.223 e. The summed E-state index contributed by atoms with van der Waals surface area (Å²) in [4.78, 5) is 19.5. The van der Waals surface area contributed by atoms with Gasteiger partial charge in [0, 0.05) is 37.0 Å². The van der Waals surface area contributed by atoms with Gasteiger partial charge in [0.2, 0.25) is 5.91 Å². The highest BCUT2D eigenvalue weighted by molar-refractivity contribution is 7.09. The van der Waals surface area contributed by atoms with E-state index in [0.717, 1.165) is 38.2 Å². The lowest BCUT2D eigenvalue weighted by molar-refractivity contribution is -0.131. The van der Waals surface area contributed by atoms with E-state index in [9.17, 15) is 4.79 Å². The van der Waals surface area contributed by atoms with Crippen LogP contribution in [0.25, 0.3) is 0 Å². The number of likely N-dealkylation sites (tertiary alicyclic amines) is 1. The number of amides is 1. The van der Waals surface area contributed by atoms with Crippen molar-refractivity contribution in [2.24, 2.45) is 0 Å². The van der Waals surface area contributed by atoms with Crippen LogP contribution in [0.15, 0.2) is 5.51 Å². The van der Waals surface area contributed by atoms with Crippen LogP contribution in [-0.4, -0.2) is 35.4 Å². The molecule has 0 aromatic carbocycles. The fraction of sp³-hybridized carbons (Fsp3) is 0.714. The van der Waals surface area contributed by atoms with E-state index in [1.807, 2.05) is 17.3 Å². The molecule has 19 heavy (non-hydrogen) atoms. The molecular formula is C14H23N3OS. The minimum Gasteiger partial charge on any atom is -0.343 e. The number of rotatable bonds is 5. The molecule has 0 spiro atoms. The van der Waals surface area contributed by atoms with Gasteiger partial charge in [0.1, 0.15) is 0 Å². The fourth-order valence-corrected chi connectivity index (χ4v) is 3.35. The van der Waals surface area contributed by atoms with Gasteiger partial charge in [-0.1, -0.05) is 0 Å². The fourth-order valence-electron chi connectivity index (χ4n) is 2.52. The second-order valence-electron chi connectivity index (χ2n) is 5.17. The molecule has 1 amide bonds. The summed E-state index contributed by atoms with van der Waals surface area (Å²) < 4.78 is 0. The molecule has 2 heterocycles. The second-order valence-corrected chi connectivity index (χ2v) is 6.06. The topological polar surface area (TPSA) is 45.2 Å².